The number of benzene rings is 2. The summed E-state index contributed by atoms with van der Waals surface area (Å²) in [6, 6.07) is 14.5. The third kappa shape index (κ3) is 3.84. The average Bonchev–Trinajstić information content (AvgIpc) is 3.53. The summed E-state index contributed by atoms with van der Waals surface area (Å²) < 4.78 is 2.61. The fraction of sp³-hybridized carbons (Fsp3) is 0.688. The minimum absolute atomic E-state index is 0.659. The molecule has 1 atom stereocenters. The molecule has 7 aliphatic rings. The number of piperidine rings is 1. The Labute approximate surface area is 222 Å². The van der Waals surface area contributed by atoms with E-state index < -0.39 is 0 Å². The highest BCUT2D eigenvalue weighted by atomic mass is 32.2. The van der Waals surface area contributed by atoms with Gasteiger partial charge in [0.05, 0.1) is 5.69 Å². The fourth-order valence-electron chi connectivity index (χ4n) is 10.0. The number of nitrogens with zero attached hydrogens (tertiary/aromatic N) is 3. The quantitative estimate of drug-likeness (QED) is 0.392. The maximum Gasteiger partial charge on any atom is 0.0563 e. The molecule has 2 aromatic rings. The fourth-order valence-corrected chi connectivity index (χ4v) is 11.3. The molecule has 4 aliphatic carbocycles. The third-order valence-electron chi connectivity index (χ3n) is 11.3. The Balaban J connectivity index is 0.941. The van der Waals surface area contributed by atoms with Gasteiger partial charge in [-0.1, -0.05) is 24.3 Å². The van der Waals surface area contributed by atoms with Gasteiger partial charge in [0.25, 0.3) is 0 Å². The molecule has 0 radical (unpaired) electrons. The van der Waals surface area contributed by atoms with Gasteiger partial charge in [0, 0.05) is 29.4 Å². The molecule has 2 saturated heterocycles. The van der Waals surface area contributed by atoms with Crippen LogP contribution in [-0.2, 0) is 0 Å². The Morgan fingerprint density at radius 2 is 1.50 bits per heavy atom. The second-order valence-corrected chi connectivity index (χ2v) is 14.6. The van der Waals surface area contributed by atoms with Gasteiger partial charge in [-0.15, -0.1) is 0 Å². The zero-order valence-corrected chi connectivity index (χ0v) is 22.7. The van der Waals surface area contributed by atoms with E-state index in [4.69, 9.17) is 0 Å². The topological polar surface area (TPSA) is 9.72 Å². The lowest BCUT2D eigenvalue weighted by Gasteiger charge is -2.61. The van der Waals surface area contributed by atoms with Gasteiger partial charge in [0.15, 0.2) is 0 Å². The van der Waals surface area contributed by atoms with E-state index in [0.717, 1.165) is 29.7 Å². The number of likely N-dealkylation sites (tertiary alicyclic amines) is 2. The molecule has 36 heavy (non-hydrogen) atoms. The van der Waals surface area contributed by atoms with Crippen molar-refractivity contribution in [2.75, 3.05) is 43.6 Å². The molecule has 3 heterocycles. The van der Waals surface area contributed by atoms with E-state index in [1.807, 2.05) is 11.9 Å². The second-order valence-electron chi connectivity index (χ2n) is 13.6. The molecule has 9 rings (SSSR count). The van der Waals surface area contributed by atoms with Crippen LogP contribution >= 0.6 is 11.9 Å². The minimum Gasteiger partial charge on any atom is -0.311 e. The molecule has 0 N–H and O–H groups in total. The van der Waals surface area contributed by atoms with E-state index in [2.05, 4.69) is 50.5 Å². The summed E-state index contributed by atoms with van der Waals surface area (Å²) in [6.07, 6.45) is 15.0. The third-order valence-corrected chi connectivity index (χ3v) is 12.4. The first-order chi connectivity index (χ1) is 17.7. The second kappa shape index (κ2) is 8.92. The smallest absolute Gasteiger partial charge is 0.0563 e. The highest BCUT2D eigenvalue weighted by Crippen LogP contribution is 2.62. The van der Waals surface area contributed by atoms with Crippen LogP contribution in [0.4, 0.5) is 5.69 Å². The maximum absolute atomic E-state index is 2.98. The minimum atomic E-state index is 0.659. The van der Waals surface area contributed by atoms with Gasteiger partial charge in [-0.25, -0.2) is 0 Å². The van der Waals surface area contributed by atoms with Gasteiger partial charge < -0.3 is 9.21 Å². The highest BCUT2D eigenvalue weighted by molar-refractivity contribution is 8.01. The van der Waals surface area contributed by atoms with Crippen LogP contribution in [0.25, 0.3) is 10.8 Å². The van der Waals surface area contributed by atoms with Crippen LogP contribution in [0.5, 0.6) is 0 Å². The molecular weight excluding hydrogens is 458 g/mol. The van der Waals surface area contributed by atoms with Gasteiger partial charge in [0.2, 0.25) is 0 Å². The first kappa shape index (κ1) is 22.7. The zero-order chi connectivity index (χ0) is 23.7. The normalized spacial score (nSPS) is 35.3. The molecule has 3 nitrogen and oxygen atoms in total. The molecule has 192 valence electrons. The summed E-state index contributed by atoms with van der Waals surface area (Å²) in [5.41, 5.74) is 2.11. The molecule has 4 saturated carbocycles. The van der Waals surface area contributed by atoms with Crippen molar-refractivity contribution >= 4 is 28.4 Å². The predicted octanol–water partition coefficient (Wildman–Crippen LogP) is 7.06. The van der Waals surface area contributed by atoms with Crippen LogP contribution in [0.1, 0.15) is 64.2 Å². The van der Waals surface area contributed by atoms with Crippen LogP contribution in [0.3, 0.4) is 0 Å². The summed E-state index contributed by atoms with van der Waals surface area (Å²) in [4.78, 5) is 7.34. The van der Waals surface area contributed by atoms with Crippen molar-refractivity contribution in [1.29, 1.82) is 0 Å². The summed E-state index contributed by atoms with van der Waals surface area (Å²) in [6.45, 7) is 7.95. The molecule has 0 amide bonds. The van der Waals surface area contributed by atoms with Crippen molar-refractivity contribution in [1.82, 2.24) is 9.80 Å². The van der Waals surface area contributed by atoms with Crippen molar-refractivity contribution < 1.29 is 0 Å². The number of hydrogen-bond acceptors (Lipinski definition) is 4. The monoisotopic (exact) mass is 501 g/mol. The molecule has 3 aliphatic heterocycles. The molecule has 4 bridgehead atoms. The summed E-state index contributed by atoms with van der Waals surface area (Å²) in [5, 5.41) is 2.87. The first-order valence-electron chi connectivity index (χ1n) is 15.2. The van der Waals surface area contributed by atoms with Gasteiger partial charge in [0.1, 0.15) is 0 Å². The van der Waals surface area contributed by atoms with Gasteiger partial charge in [-0.05, 0) is 149 Å². The molecule has 0 unspecified atom stereocenters. The molecular formula is C32H43N3S. The summed E-state index contributed by atoms with van der Waals surface area (Å²) >= 11 is 1.98. The van der Waals surface area contributed by atoms with E-state index in [0.29, 0.717) is 5.41 Å². The molecule has 4 heteroatoms. The maximum atomic E-state index is 2.98. The van der Waals surface area contributed by atoms with Crippen LogP contribution in [0.15, 0.2) is 41.3 Å². The van der Waals surface area contributed by atoms with Crippen molar-refractivity contribution in [3.63, 3.8) is 0 Å². The van der Waals surface area contributed by atoms with Gasteiger partial charge in [-0.3, -0.25) is 4.90 Å². The lowest BCUT2D eigenvalue weighted by molar-refractivity contribution is -0.105. The van der Waals surface area contributed by atoms with E-state index >= 15 is 0 Å². The van der Waals surface area contributed by atoms with E-state index in [-0.39, 0.29) is 0 Å². The zero-order valence-electron chi connectivity index (χ0n) is 21.9. The van der Waals surface area contributed by atoms with Crippen LogP contribution in [0, 0.1) is 29.1 Å². The van der Waals surface area contributed by atoms with Crippen molar-refractivity contribution in [2.24, 2.45) is 29.1 Å². The summed E-state index contributed by atoms with van der Waals surface area (Å²) in [5.74, 6) is 4.03. The molecule has 0 aromatic heterocycles. The molecule has 2 aromatic carbocycles. The lowest BCUT2D eigenvalue weighted by Crippen LogP contribution is -2.60. The largest absolute Gasteiger partial charge is 0.311 e. The molecule has 0 spiro atoms. The summed E-state index contributed by atoms with van der Waals surface area (Å²) in [7, 11) is 0. The Morgan fingerprint density at radius 3 is 2.19 bits per heavy atom. The average molecular weight is 502 g/mol. The van der Waals surface area contributed by atoms with Crippen molar-refractivity contribution in [3.05, 3.63) is 36.4 Å². The molecule has 6 fully saturated rings. The van der Waals surface area contributed by atoms with Crippen LogP contribution < -0.4 is 4.31 Å². The van der Waals surface area contributed by atoms with E-state index in [9.17, 15) is 0 Å². The Kier molecular flexibility index (Phi) is 5.63. The Bertz CT molecular complexity index is 1080. The standard InChI is InChI=1S/C32H43N3S/c1-2-12-34(11-1)30(32-18-24-15-25(19-32)17-26(16-24)20-32)22-33-13-9-23(10-14-33)21-35-28-7-3-5-27-6-4-8-29(36-35)31(27)28/h3-8,23-26,30H,1-2,9-22H2/t24?,25?,26?,30-,32?/m0/s1. The predicted molar refractivity (Wildman–Crippen MR) is 152 cm³/mol. The SMILES string of the molecule is c1cc2c3c(cccc3c1)N(CC1CCN(C[C@H](N3CCCC3)C34CC5CC(CC(C5)C3)C4)CC1)S2. The lowest BCUT2D eigenvalue weighted by atomic mass is 9.47. The van der Waals surface area contributed by atoms with E-state index in [1.165, 1.54) is 86.3 Å². The highest BCUT2D eigenvalue weighted by Gasteiger charge is 2.55. The van der Waals surface area contributed by atoms with Crippen LogP contribution in [-0.4, -0.2) is 55.1 Å². The Morgan fingerprint density at radius 1 is 0.833 bits per heavy atom. The number of rotatable bonds is 6. The number of hydrogen-bond donors (Lipinski definition) is 0. The van der Waals surface area contributed by atoms with Gasteiger partial charge in [-0.2, -0.15) is 0 Å². The van der Waals surface area contributed by atoms with Crippen molar-refractivity contribution in [3.8, 4) is 0 Å². The number of anilines is 1. The van der Waals surface area contributed by atoms with Gasteiger partial charge >= 0.3 is 0 Å². The first-order valence-corrected chi connectivity index (χ1v) is 15.9. The van der Waals surface area contributed by atoms with Crippen molar-refractivity contribution in [2.45, 2.75) is 75.1 Å². The van der Waals surface area contributed by atoms with E-state index in [1.54, 1.807) is 38.5 Å². The Hall–Kier alpha value is -1.23. The van der Waals surface area contributed by atoms with Crippen LogP contribution in [0.2, 0.25) is 0 Å².